The smallest absolute Gasteiger partial charge is 0.127 e. The molecule has 2 aromatic rings. The van der Waals surface area contributed by atoms with Crippen molar-refractivity contribution in [2.75, 3.05) is 0 Å². The molecular weight excluding hydrogens is 234 g/mol. The summed E-state index contributed by atoms with van der Waals surface area (Å²) < 4.78 is 5.71. The van der Waals surface area contributed by atoms with Gasteiger partial charge in [-0.3, -0.25) is 0 Å². The summed E-state index contributed by atoms with van der Waals surface area (Å²) in [5, 5.41) is 0.701. The number of hydrogen-bond acceptors (Lipinski definition) is 2. The average molecular weight is 248 g/mol. The van der Waals surface area contributed by atoms with Crippen molar-refractivity contribution in [1.29, 1.82) is 0 Å². The normalized spacial score (nSPS) is 10.3. The summed E-state index contributed by atoms with van der Waals surface area (Å²) >= 11 is 5.81. The Morgan fingerprint density at radius 2 is 1.71 bits per heavy atom. The molecule has 0 atom stereocenters. The van der Waals surface area contributed by atoms with Crippen molar-refractivity contribution in [3.8, 4) is 11.5 Å². The Labute approximate surface area is 106 Å². The summed E-state index contributed by atoms with van der Waals surface area (Å²) in [6.45, 7) is 2.57. The molecule has 0 unspecified atom stereocenters. The van der Waals surface area contributed by atoms with Gasteiger partial charge in [-0.25, -0.2) is 0 Å². The average Bonchev–Trinajstić information content (AvgIpc) is 2.32. The van der Waals surface area contributed by atoms with Crippen molar-refractivity contribution >= 4 is 11.6 Å². The lowest BCUT2D eigenvalue weighted by atomic mass is 10.1. The van der Waals surface area contributed by atoms with Crippen LogP contribution < -0.4 is 10.5 Å². The molecule has 0 bridgehead atoms. The first kappa shape index (κ1) is 12.0. The molecule has 2 nitrogen and oxygen atoms in total. The molecule has 0 saturated heterocycles. The molecule has 0 fully saturated rings. The fourth-order valence-electron chi connectivity index (χ4n) is 1.60. The molecule has 0 aliphatic carbocycles. The quantitative estimate of drug-likeness (QED) is 0.893. The minimum atomic E-state index is 0.549. The van der Waals surface area contributed by atoms with E-state index in [2.05, 4.69) is 0 Å². The van der Waals surface area contributed by atoms with Crippen molar-refractivity contribution in [1.82, 2.24) is 0 Å². The van der Waals surface area contributed by atoms with Gasteiger partial charge in [-0.2, -0.15) is 0 Å². The minimum Gasteiger partial charge on any atom is -0.457 e. The van der Waals surface area contributed by atoms with Crippen LogP contribution in [0.25, 0.3) is 0 Å². The topological polar surface area (TPSA) is 35.2 Å². The Morgan fingerprint density at radius 1 is 1.06 bits per heavy atom. The van der Waals surface area contributed by atoms with E-state index >= 15 is 0 Å². The van der Waals surface area contributed by atoms with Gasteiger partial charge in [0, 0.05) is 11.6 Å². The number of aryl methyl sites for hydroxylation is 1. The highest BCUT2D eigenvalue weighted by Crippen LogP contribution is 2.24. The summed E-state index contributed by atoms with van der Waals surface area (Å²) in [7, 11) is 0. The van der Waals surface area contributed by atoms with Crippen molar-refractivity contribution in [2.24, 2.45) is 5.73 Å². The van der Waals surface area contributed by atoms with Crippen LogP contribution in [-0.4, -0.2) is 0 Å². The zero-order valence-electron chi connectivity index (χ0n) is 9.61. The van der Waals surface area contributed by atoms with Gasteiger partial charge in [-0.1, -0.05) is 17.7 Å². The van der Waals surface area contributed by atoms with Gasteiger partial charge in [0.25, 0.3) is 0 Å². The summed E-state index contributed by atoms with van der Waals surface area (Å²) in [5.74, 6) is 1.58. The standard InChI is InChI=1S/C14H14ClNO/c1-10-8-14(5-2-11(10)9-16)17-13-6-3-12(15)4-7-13/h2-8H,9,16H2,1H3. The van der Waals surface area contributed by atoms with Crippen LogP contribution in [-0.2, 0) is 6.54 Å². The van der Waals surface area contributed by atoms with E-state index in [4.69, 9.17) is 22.1 Å². The monoisotopic (exact) mass is 247 g/mol. The first-order chi connectivity index (χ1) is 8.19. The maximum Gasteiger partial charge on any atom is 0.127 e. The van der Waals surface area contributed by atoms with Gasteiger partial charge in [0.2, 0.25) is 0 Å². The molecule has 88 valence electrons. The molecule has 0 amide bonds. The Bertz CT molecular complexity index is 508. The van der Waals surface area contributed by atoms with Crippen LogP contribution in [0.4, 0.5) is 0 Å². The fourth-order valence-corrected chi connectivity index (χ4v) is 1.73. The second kappa shape index (κ2) is 5.21. The molecule has 0 radical (unpaired) electrons. The van der Waals surface area contributed by atoms with Gasteiger partial charge in [0.1, 0.15) is 11.5 Å². The molecule has 0 aliphatic heterocycles. The third kappa shape index (κ3) is 2.99. The number of nitrogens with two attached hydrogens (primary N) is 1. The van der Waals surface area contributed by atoms with E-state index in [1.165, 1.54) is 0 Å². The molecular formula is C14H14ClNO. The van der Waals surface area contributed by atoms with E-state index in [0.29, 0.717) is 11.6 Å². The fraction of sp³-hybridized carbons (Fsp3) is 0.143. The Balaban J connectivity index is 2.19. The highest BCUT2D eigenvalue weighted by Gasteiger charge is 2.01. The van der Waals surface area contributed by atoms with Gasteiger partial charge in [0.05, 0.1) is 0 Å². The summed E-state index contributed by atoms with van der Waals surface area (Å²) in [6, 6.07) is 13.2. The van der Waals surface area contributed by atoms with Crippen LogP contribution in [0, 0.1) is 6.92 Å². The predicted molar refractivity (Wildman–Crippen MR) is 70.6 cm³/mol. The van der Waals surface area contributed by atoms with Crippen molar-refractivity contribution in [3.63, 3.8) is 0 Å². The van der Waals surface area contributed by atoms with Crippen molar-refractivity contribution < 1.29 is 4.74 Å². The van der Waals surface area contributed by atoms with Gasteiger partial charge < -0.3 is 10.5 Å². The molecule has 2 rings (SSSR count). The molecule has 3 heteroatoms. The Hall–Kier alpha value is -1.51. The summed E-state index contributed by atoms with van der Waals surface area (Å²) in [6.07, 6.45) is 0. The zero-order chi connectivity index (χ0) is 12.3. The Morgan fingerprint density at radius 3 is 2.29 bits per heavy atom. The highest BCUT2D eigenvalue weighted by atomic mass is 35.5. The maximum absolute atomic E-state index is 5.81. The highest BCUT2D eigenvalue weighted by molar-refractivity contribution is 6.30. The lowest BCUT2D eigenvalue weighted by Gasteiger charge is -2.08. The van der Waals surface area contributed by atoms with Gasteiger partial charge in [-0.15, -0.1) is 0 Å². The molecule has 0 saturated carbocycles. The van der Waals surface area contributed by atoms with Gasteiger partial charge >= 0.3 is 0 Å². The number of rotatable bonds is 3. The van der Waals surface area contributed by atoms with Gasteiger partial charge in [0.15, 0.2) is 0 Å². The van der Waals surface area contributed by atoms with E-state index in [1.54, 1.807) is 12.1 Å². The zero-order valence-corrected chi connectivity index (χ0v) is 10.4. The minimum absolute atomic E-state index is 0.549. The van der Waals surface area contributed by atoms with Crippen LogP contribution >= 0.6 is 11.6 Å². The van der Waals surface area contributed by atoms with Crippen LogP contribution in [0.2, 0.25) is 5.02 Å². The molecule has 0 heterocycles. The van der Waals surface area contributed by atoms with Crippen LogP contribution in [0.1, 0.15) is 11.1 Å². The molecule has 2 N–H and O–H groups in total. The SMILES string of the molecule is Cc1cc(Oc2ccc(Cl)cc2)ccc1CN. The predicted octanol–water partition coefficient (Wildman–Crippen LogP) is 3.90. The van der Waals surface area contributed by atoms with E-state index in [0.717, 1.165) is 22.6 Å². The third-order valence-electron chi connectivity index (χ3n) is 2.58. The molecule has 17 heavy (non-hydrogen) atoms. The molecule has 0 aromatic heterocycles. The number of ether oxygens (including phenoxy) is 1. The lowest BCUT2D eigenvalue weighted by Crippen LogP contribution is -1.98. The van der Waals surface area contributed by atoms with E-state index in [9.17, 15) is 0 Å². The van der Waals surface area contributed by atoms with Crippen LogP contribution in [0.15, 0.2) is 42.5 Å². The summed E-state index contributed by atoms with van der Waals surface area (Å²) in [4.78, 5) is 0. The van der Waals surface area contributed by atoms with Crippen LogP contribution in [0.3, 0.4) is 0 Å². The molecule has 0 aliphatic rings. The number of halogens is 1. The first-order valence-corrected chi connectivity index (χ1v) is 5.80. The first-order valence-electron chi connectivity index (χ1n) is 5.42. The summed E-state index contributed by atoms with van der Waals surface area (Å²) in [5.41, 5.74) is 7.89. The number of benzene rings is 2. The largest absolute Gasteiger partial charge is 0.457 e. The van der Waals surface area contributed by atoms with Crippen molar-refractivity contribution in [3.05, 3.63) is 58.6 Å². The van der Waals surface area contributed by atoms with Gasteiger partial charge in [-0.05, 0) is 54.4 Å². The van der Waals surface area contributed by atoms with E-state index in [-0.39, 0.29) is 0 Å². The third-order valence-corrected chi connectivity index (χ3v) is 2.84. The van der Waals surface area contributed by atoms with E-state index < -0.39 is 0 Å². The number of hydrogen-bond donors (Lipinski definition) is 1. The molecule has 2 aromatic carbocycles. The van der Waals surface area contributed by atoms with E-state index in [1.807, 2.05) is 37.3 Å². The Kier molecular flexibility index (Phi) is 3.67. The second-order valence-corrected chi connectivity index (χ2v) is 4.28. The van der Waals surface area contributed by atoms with Crippen molar-refractivity contribution in [2.45, 2.75) is 13.5 Å². The second-order valence-electron chi connectivity index (χ2n) is 3.85. The van der Waals surface area contributed by atoms with Crippen LogP contribution in [0.5, 0.6) is 11.5 Å². The maximum atomic E-state index is 5.81. The lowest BCUT2D eigenvalue weighted by molar-refractivity contribution is 0.482. The molecule has 0 spiro atoms.